The van der Waals surface area contributed by atoms with Crippen LogP contribution in [0.4, 0.5) is 5.69 Å². The summed E-state index contributed by atoms with van der Waals surface area (Å²) in [6.45, 7) is 1.60. The summed E-state index contributed by atoms with van der Waals surface area (Å²) in [5.41, 5.74) is 7.72. The summed E-state index contributed by atoms with van der Waals surface area (Å²) in [5.74, 6) is 0. The summed E-state index contributed by atoms with van der Waals surface area (Å²) in [5, 5.41) is 9.93. The van der Waals surface area contributed by atoms with Gasteiger partial charge in [0.25, 0.3) is 0 Å². The second-order valence-electron chi connectivity index (χ2n) is 4.94. The molecule has 0 aromatic heterocycles. The molecule has 3 nitrogen and oxygen atoms in total. The van der Waals surface area contributed by atoms with Crippen molar-refractivity contribution in [2.45, 2.75) is 38.3 Å². The molecule has 0 radical (unpaired) electrons. The SMILES string of the molecule is Nc1cccc(Cl)c1CN(CCO)C1CCCC1. The van der Waals surface area contributed by atoms with Crippen LogP contribution in [0.1, 0.15) is 31.2 Å². The van der Waals surface area contributed by atoms with Crippen LogP contribution in [-0.4, -0.2) is 29.2 Å². The van der Waals surface area contributed by atoms with E-state index in [0.29, 0.717) is 12.6 Å². The predicted octanol–water partition coefficient (Wildman–Crippen LogP) is 2.66. The van der Waals surface area contributed by atoms with Crippen LogP contribution in [0.5, 0.6) is 0 Å². The third kappa shape index (κ3) is 3.16. The van der Waals surface area contributed by atoms with Gasteiger partial charge in [0.05, 0.1) is 6.61 Å². The molecular weight excluding hydrogens is 248 g/mol. The summed E-state index contributed by atoms with van der Waals surface area (Å²) in [6, 6.07) is 6.19. The maximum atomic E-state index is 9.21. The molecule has 4 heteroatoms. The Morgan fingerprint density at radius 3 is 2.67 bits per heavy atom. The van der Waals surface area contributed by atoms with E-state index in [1.54, 1.807) is 0 Å². The number of nitrogens with zero attached hydrogens (tertiary/aromatic N) is 1. The van der Waals surface area contributed by atoms with Crippen LogP contribution in [0.25, 0.3) is 0 Å². The van der Waals surface area contributed by atoms with Gasteiger partial charge in [0, 0.05) is 35.4 Å². The third-order valence-corrected chi connectivity index (χ3v) is 4.10. The number of benzene rings is 1. The second kappa shape index (κ2) is 6.41. The Hall–Kier alpha value is -0.770. The molecule has 0 unspecified atom stereocenters. The quantitative estimate of drug-likeness (QED) is 0.808. The van der Waals surface area contributed by atoms with Crippen molar-refractivity contribution in [3.63, 3.8) is 0 Å². The molecule has 0 atom stereocenters. The fourth-order valence-electron chi connectivity index (χ4n) is 2.73. The van der Waals surface area contributed by atoms with Crippen molar-refractivity contribution in [3.05, 3.63) is 28.8 Å². The first-order valence-electron chi connectivity index (χ1n) is 6.60. The van der Waals surface area contributed by atoms with E-state index in [-0.39, 0.29) is 6.61 Å². The maximum absolute atomic E-state index is 9.21. The molecule has 1 saturated carbocycles. The van der Waals surface area contributed by atoms with Gasteiger partial charge in [-0.15, -0.1) is 0 Å². The average molecular weight is 269 g/mol. The van der Waals surface area contributed by atoms with Crippen LogP contribution in [0.15, 0.2) is 18.2 Å². The van der Waals surface area contributed by atoms with Gasteiger partial charge >= 0.3 is 0 Å². The zero-order valence-corrected chi connectivity index (χ0v) is 11.4. The maximum Gasteiger partial charge on any atom is 0.0558 e. The van der Waals surface area contributed by atoms with E-state index < -0.39 is 0 Å². The molecule has 1 aliphatic carbocycles. The van der Waals surface area contributed by atoms with Crippen LogP contribution < -0.4 is 5.73 Å². The van der Waals surface area contributed by atoms with Crippen molar-refractivity contribution in [3.8, 4) is 0 Å². The highest BCUT2D eigenvalue weighted by molar-refractivity contribution is 6.31. The number of hydrogen-bond acceptors (Lipinski definition) is 3. The van der Waals surface area contributed by atoms with Crippen LogP contribution in [0.2, 0.25) is 5.02 Å². The van der Waals surface area contributed by atoms with E-state index in [4.69, 9.17) is 17.3 Å². The van der Waals surface area contributed by atoms with Gasteiger partial charge in [-0.05, 0) is 25.0 Å². The zero-order chi connectivity index (χ0) is 13.0. The van der Waals surface area contributed by atoms with Crippen molar-refractivity contribution in [2.75, 3.05) is 18.9 Å². The van der Waals surface area contributed by atoms with E-state index in [0.717, 1.165) is 22.8 Å². The molecule has 3 N–H and O–H groups in total. The lowest BCUT2D eigenvalue weighted by atomic mass is 10.1. The molecule has 18 heavy (non-hydrogen) atoms. The van der Waals surface area contributed by atoms with E-state index in [1.807, 2.05) is 18.2 Å². The van der Waals surface area contributed by atoms with Crippen LogP contribution in [-0.2, 0) is 6.54 Å². The van der Waals surface area contributed by atoms with E-state index in [2.05, 4.69) is 4.90 Å². The van der Waals surface area contributed by atoms with Gasteiger partial charge in [-0.1, -0.05) is 30.5 Å². The highest BCUT2D eigenvalue weighted by atomic mass is 35.5. The predicted molar refractivity (Wildman–Crippen MR) is 75.6 cm³/mol. The summed E-state index contributed by atoms with van der Waals surface area (Å²) in [6.07, 6.45) is 4.99. The Morgan fingerprint density at radius 1 is 1.33 bits per heavy atom. The molecule has 1 aliphatic rings. The molecule has 2 rings (SSSR count). The van der Waals surface area contributed by atoms with Crippen molar-refractivity contribution < 1.29 is 5.11 Å². The summed E-state index contributed by atoms with van der Waals surface area (Å²) < 4.78 is 0. The Morgan fingerprint density at radius 2 is 2.06 bits per heavy atom. The first-order valence-corrected chi connectivity index (χ1v) is 6.98. The van der Waals surface area contributed by atoms with Gasteiger partial charge in [-0.3, -0.25) is 4.90 Å². The minimum atomic E-state index is 0.181. The third-order valence-electron chi connectivity index (χ3n) is 3.74. The zero-order valence-electron chi connectivity index (χ0n) is 10.6. The Kier molecular flexibility index (Phi) is 4.87. The normalized spacial score (nSPS) is 16.6. The molecule has 0 bridgehead atoms. The summed E-state index contributed by atoms with van der Waals surface area (Å²) >= 11 is 6.21. The molecule has 100 valence electrons. The first-order chi connectivity index (χ1) is 8.72. The lowest BCUT2D eigenvalue weighted by Gasteiger charge is -2.29. The molecule has 1 fully saturated rings. The molecule has 0 spiro atoms. The highest BCUT2D eigenvalue weighted by Crippen LogP contribution is 2.28. The Balaban J connectivity index is 2.12. The number of halogens is 1. The van der Waals surface area contributed by atoms with Gasteiger partial charge in [0.1, 0.15) is 0 Å². The number of anilines is 1. The van der Waals surface area contributed by atoms with Crippen molar-refractivity contribution in [1.29, 1.82) is 0 Å². The van der Waals surface area contributed by atoms with Crippen molar-refractivity contribution in [2.24, 2.45) is 0 Å². The molecule has 0 amide bonds. The molecule has 1 aromatic rings. The lowest BCUT2D eigenvalue weighted by Crippen LogP contribution is -2.35. The van der Waals surface area contributed by atoms with Crippen molar-refractivity contribution in [1.82, 2.24) is 4.90 Å². The van der Waals surface area contributed by atoms with Crippen LogP contribution >= 0.6 is 11.6 Å². The minimum absolute atomic E-state index is 0.181. The number of rotatable bonds is 5. The van der Waals surface area contributed by atoms with Crippen LogP contribution in [0.3, 0.4) is 0 Å². The molecule has 1 aromatic carbocycles. The summed E-state index contributed by atoms with van der Waals surface area (Å²) in [7, 11) is 0. The molecule has 0 heterocycles. The van der Waals surface area contributed by atoms with E-state index in [9.17, 15) is 5.11 Å². The lowest BCUT2D eigenvalue weighted by molar-refractivity contribution is 0.145. The molecule has 0 saturated heterocycles. The fraction of sp³-hybridized carbons (Fsp3) is 0.571. The van der Waals surface area contributed by atoms with Gasteiger partial charge in [0.2, 0.25) is 0 Å². The minimum Gasteiger partial charge on any atom is -0.398 e. The van der Waals surface area contributed by atoms with Gasteiger partial charge in [-0.25, -0.2) is 0 Å². The number of aliphatic hydroxyl groups is 1. The van der Waals surface area contributed by atoms with Gasteiger partial charge < -0.3 is 10.8 Å². The number of hydrogen-bond donors (Lipinski definition) is 2. The second-order valence-corrected chi connectivity index (χ2v) is 5.35. The monoisotopic (exact) mass is 268 g/mol. The largest absolute Gasteiger partial charge is 0.398 e. The molecular formula is C14H21ClN2O. The van der Waals surface area contributed by atoms with E-state index in [1.165, 1.54) is 25.7 Å². The first kappa shape index (κ1) is 13.7. The number of aliphatic hydroxyl groups excluding tert-OH is 1. The Bertz CT molecular complexity index is 371. The smallest absolute Gasteiger partial charge is 0.0558 e. The Labute approximate surface area is 114 Å². The van der Waals surface area contributed by atoms with Crippen molar-refractivity contribution >= 4 is 17.3 Å². The van der Waals surface area contributed by atoms with Gasteiger partial charge in [-0.2, -0.15) is 0 Å². The standard InChI is InChI=1S/C14H21ClN2O/c15-13-6-3-7-14(16)12(13)10-17(8-9-18)11-4-1-2-5-11/h3,6-7,11,18H,1-2,4-5,8-10,16H2. The van der Waals surface area contributed by atoms with E-state index >= 15 is 0 Å². The molecule has 0 aliphatic heterocycles. The highest BCUT2D eigenvalue weighted by Gasteiger charge is 2.23. The average Bonchev–Trinajstić information content (AvgIpc) is 2.86. The summed E-state index contributed by atoms with van der Waals surface area (Å²) in [4.78, 5) is 2.31. The topological polar surface area (TPSA) is 49.5 Å². The van der Waals surface area contributed by atoms with Crippen LogP contribution in [0, 0.1) is 0 Å². The number of nitrogen functional groups attached to an aromatic ring is 1. The number of nitrogens with two attached hydrogens (primary N) is 1. The fourth-order valence-corrected chi connectivity index (χ4v) is 2.98. The van der Waals surface area contributed by atoms with Gasteiger partial charge in [0.15, 0.2) is 0 Å².